The Morgan fingerprint density at radius 1 is 1.07 bits per heavy atom. The highest BCUT2D eigenvalue weighted by Crippen LogP contribution is 2.24. The van der Waals surface area contributed by atoms with Crippen LogP contribution < -0.4 is 10.6 Å². The molecule has 0 bridgehead atoms. The van der Waals surface area contributed by atoms with Crippen LogP contribution in [0.3, 0.4) is 0 Å². The van der Waals surface area contributed by atoms with Gasteiger partial charge < -0.3 is 10.6 Å². The van der Waals surface area contributed by atoms with Crippen LogP contribution in [0.1, 0.15) is 0 Å². The number of nitrogens with one attached hydrogen (secondary N) is 3. The lowest BCUT2D eigenvalue weighted by atomic mass is 10.3. The Hall–Kier alpha value is -3.67. The molecule has 0 radical (unpaired) electrons. The zero-order valence-electron chi connectivity index (χ0n) is 14.8. The van der Waals surface area contributed by atoms with Crippen LogP contribution in [0.25, 0.3) is 11.0 Å². The Labute approximate surface area is 163 Å². The third-order valence-electron chi connectivity index (χ3n) is 3.87. The average molecular weight is 417 g/mol. The van der Waals surface area contributed by atoms with Gasteiger partial charge >= 0.3 is 0 Å². The maximum atomic E-state index is 13.7. The second kappa shape index (κ2) is 7.05. The number of benzene rings is 1. The van der Waals surface area contributed by atoms with Gasteiger partial charge in [-0.2, -0.15) is 10.1 Å². The molecule has 3 aromatic heterocycles. The lowest BCUT2D eigenvalue weighted by Gasteiger charge is -2.09. The van der Waals surface area contributed by atoms with Gasteiger partial charge in [0.1, 0.15) is 28.2 Å². The van der Waals surface area contributed by atoms with Gasteiger partial charge in [-0.3, -0.25) is 5.10 Å². The standard InChI is InChI=1S/C17H13F2N7O2S/c1-29(27,28)13-7-10(2-3-12(13)19)22-17-20-5-4-14(24-17)23-16-11-6-9(18)8-21-15(11)25-26-16/h2-8H,1H3,(H3,20,21,22,23,24,25,26). The lowest BCUT2D eigenvalue weighted by molar-refractivity contribution is 0.571. The SMILES string of the molecule is CS(=O)(=O)c1cc(Nc2nccc(Nc3[nH]nc4ncc(F)cc34)n2)ccc1F. The van der Waals surface area contributed by atoms with Gasteiger partial charge in [0.25, 0.3) is 0 Å². The van der Waals surface area contributed by atoms with Gasteiger partial charge in [-0.1, -0.05) is 0 Å². The van der Waals surface area contributed by atoms with Crippen molar-refractivity contribution in [2.24, 2.45) is 0 Å². The van der Waals surface area contributed by atoms with Crippen molar-refractivity contribution in [2.75, 3.05) is 16.9 Å². The molecule has 0 aliphatic carbocycles. The van der Waals surface area contributed by atoms with Crippen molar-refractivity contribution in [1.82, 2.24) is 25.1 Å². The molecule has 0 saturated heterocycles. The predicted molar refractivity (Wildman–Crippen MR) is 102 cm³/mol. The summed E-state index contributed by atoms with van der Waals surface area (Å²) in [6, 6.07) is 6.41. The molecule has 4 aromatic rings. The first-order chi connectivity index (χ1) is 13.8. The number of anilines is 4. The minimum atomic E-state index is -3.73. The molecule has 12 heteroatoms. The molecule has 0 atom stereocenters. The maximum Gasteiger partial charge on any atom is 0.229 e. The number of halogens is 2. The van der Waals surface area contributed by atoms with E-state index in [1.165, 1.54) is 18.3 Å². The summed E-state index contributed by atoms with van der Waals surface area (Å²) in [4.78, 5) is 11.7. The van der Waals surface area contributed by atoms with Crippen LogP contribution in [0.4, 0.5) is 32.1 Å². The van der Waals surface area contributed by atoms with Crippen LogP contribution in [0, 0.1) is 11.6 Å². The fraction of sp³-hybridized carbons (Fsp3) is 0.0588. The summed E-state index contributed by atoms with van der Waals surface area (Å²) >= 11 is 0. The molecule has 0 aliphatic heterocycles. The summed E-state index contributed by atoms with van der Waals surface area (Å²) in [5.41, 5.74) is 0.628. The predicted octanol–water partition coefficient (Wildman–Crippen LogP) is 2.92. The molecule has 4 rings (SSSR count). The van der Waals surface area contributed by atoms with E-state index in [-0.39, 0.29) is 5.95 Å². The van der Waals surface area contributed by atoms with Crippen molar-refractivity contribution in [3.8, 4) is 0 Å². The number of fused-ring (bicyclic) bond motifs is 1. The smallest absolute Gasteiger partial charge is 0.229 e. The Bertz CT molecular complexity index is 1320. The summed E-state index contributed by atoms with van der Waals surface area (Å²) in [7, 11) is -3.73. The molecule has 3 N–H and O–H groups in total. The summed E-state index contributed by atoms with van der Waals surface area (Å²) < 4.78 is 50.5. The Morgan fingerprint density at radius 2 is 1.90 bits per heavy atom. The van der Waals surface area contributed by atoms with E-state index in [1.807, 2.05) is 0 Å². The molecule has 9 nitrogen and oxygen atoms in total. The fourth-order valence-electron chi connectivity index (χ4n) is 2.58. The molecule has 3 heterocycles. The number of nitrogens with zero attached hydrogens (tertiary/aromatic N) is 4. The second-order valence-corrected chi connectivity index (χ2v) is 8.04. The van der Waals surface area contributed by atoms with Crippen LogP contribution in [-0.4, -0.2) is 39.8 Å². The third kappa shape index (κ3) is 3.96. The van der Waals surface area contributed by atoms with E-state index in [9.17, 15) is 17.2 Å². The molecule has 1 aromatic carbocycles. The maximum absolute atomic E-state index is 13.7. The topological polar surface area (TPSA) is 126 Å². The third-order valence-corrected chi connectivity index (χ3v) is 4.98. The lowest BCUT2D eigenvalue weighted by Crippen LogP contribution is -2.04. The molecular weight excluding hydrogens is 404 g/mol. The number of hydrogen-bond donors (Lipinski definition) is 3. The van der Waals surface area contributed by atoms with Crippen molar-refractivity contribution in [2.45, 2.75) is 4.90 Å². The van der Waals surface area contributed by atoms with E-state index in [0.717, 1.165) is 24.6 Å². The molecule has 148 valence electrons. The van der Waals surface area contributed by atoms with Gasteiger partial charge in [-0.05, 0) is 30.3 Å². The quantitative estimate of drug-likeness (QED) is 0.453. The first-order valence-corrected chi connectivity index (χ1v) is 10.0. The molecule has 0 aliphatic rings. The van der Waals surface area contributed by atoms with Gasteiger partial charge in [0.05, 0.1) is 11.6 Å². The minimum Gasteiger partial charge on any atom is -0.325 e. The highest BCUT2D eigenvalue weighted by molar-refractivity contribution is 7.90. The number of aromatic nitrogens is 5. The van der Waals surface area contributed by atoms with Crippen molar-refractivity contribution < 1.29 is 17.2 Å². The molecule has 0 unspecified atom stereocenters. The fourth-order valence-corrected chi connectivity index (χ4v) is 3.34. The van der Waals surface area contributed by atoms with E-state index >= 15 is 0 Å². The largest absolute Gasteiger partial charge is 0.325 e. The zero-order chi connectivity index (χ0) is 20.6. The normalized spacial score (nSPS) is 11.6. The minimum absolute atomic E-state index is 0.134. The van der Waals surface area contributed by atoms with Gasteiger partial charge in [0.15, 0.2) is 15.5 Å². The van der Waals surface area contributed by atoms with Crippen molar-refractivity contribution in [3.63, 3.8) is 0 Å². The van der Waals surface area contributed by atoms with Crippen LogP contribution in [0.2, 0.25) is 0 Å². The molecule has 0 amide bonds. The molecule has 29 heavy (non-hydrogen) atoms. The number of hydrogen-bond acceptors (Lipinski definition) is 8. The average Bonchev–Trinajstić information content (AvgIpc) is 3.05. The first-order valence-electron chi connectivity index (χ1n) is 8.16. The van der Waals surface area contributed by atoms with Gasteiger partial charge in [0.2, 0.25) is 5.95 Å². The number of rotatable bonds is 5. The van der Waals surface area contributed by atoms with E-state index < -0.39 is 26.4 Å². The molecule has 0 fully saturated rings. The zero-order valence-corrected chi connectivity index (χ0v) is 15.6. The highest BCUT2D eigenvalue weighted by atomic mass is 32.2. The van der Waals surface area contributed by atoms with E-state index in [4.69, 9.17) is 0 Å². The van der Waals surface area contributed by atoms with Crippen molar-refractivity contribution in [1.29, 1.82) is 0 Å². The van der Waals surface area contributed by atoms with Gasteiger partial charge in [-0.25, -0.2) is 27.2 Å². The van der Waals surface area contributed by atoms with Crippen LogP contribution in [0.5, 0.6) is 0 Å². The highest BCUT2D eigenvalue weighted by Gasteiger charge is 2.15. The Balaban J connectivity index is 1.60. The van der Waals surface area contributed by atoms with E-state index in [1.54, 1.807) is 6.07 Å². The van der Waals surface area contributed by atoms with Crippen molar-refractivity contribution >= 4 is 44.1 Å². The van der Waals surface area contributed by atoms with E-state index in [2.05, 4.69) is 35.8 Å². The Morgan fingerprint density at radius 3 is 2.69 bits per heavy atom. The monoisotopic (exact) mass is 417 g/mol. The summed E-state index contributed by atoms with van der Waals surface area (Å²) in [5.74, 6) is -0.485. The van der Waals surface area contributed by atoms with Crippen molar-refractivity contribution in [3.05, 3.63) is 54.4 Å². The number of aromatic amines is 1. The number of pyridine rings is 1. The van der Waals surface area contributed by atoms with Crippen LogP contribution >= 0.6 is 0 Å². The van der Waals surface area contributed by atoms with Crippen LogP contribution in [0.15, 0.2) is 47.6 Å². The summed E-state index contributed by atoms with van der Waals surface area (Å²) in [5, 5.41) is 12.9. The van der Waals surface area contributed by atoms with E-state index in [0.29, 0.717) is 28.4 Å². The van der Waals surface area contributed by atoms with Gasteiger partial charge in [-0.15, -0.1) is 0 Å². The number of sulfone groups is 1. The van der Waals surface area contributed by atoms with Crippen LogP contribution in [-0.2, 0) is 9.84 Å². The number of H-pyrrole nitrogens is 1. The molecule has 0 spiro atoms. The second-order valence-electron chi connectivity index (χ2n) is 6.06. The Kier molecular flexibility index (Phi) is 4.54. The van der Waals surface area contributed by atoms with Gasteiger partial charge in [0, 0.05) is 18.1 Å². The summed E-state index contributed by atoms with van der Waals surface area (Å²) in [6.07, 6.45) is 3.44. The molecule has 0 saturated carbocycles. The molecular formula is C17H13F2N7O2S. The summed E-state index contributed by atoms with van der Waals surface area (Å²) in [6.45, 7) is 0. The first kappa shape index (κ1) is 18.7.